The Morgan fingerprint density at radius 3 is 2.18 bits per heavy atom. The van der Waals surface area contributed by atoms with E-state index in [2.05, 4.69) is 21.0 Å². The van der Waals surface area contributed by atoms with Gasteiger partial charge in [0.15, 0.2) is 0 Å². The Labute approximate surface area is 203 Å². The molecule has 5 nitrogen and oxygen atoms in total. The van der Waals surface area contributed by atoms with Crippen molar-refractivity contribution in [1.29, 1.82) is 0 Å². The SMILES string of the molecule is Fc1c[c-]c(-c2cccc(N(c3ccccc3)c3cccc(-c4cnc[n-]4)n3)n2)c(F)c1.[Pt+2]. The van der Waals surface area contributed by atoms with Crippen LogP contribution in [0.2, 0.25) is 0 Å². The van der Waals surface area contributed by atoms with Gasteiger partial charge in [-0.2, -0.15) is 0 Å². The molecule has 0 N–H and O–H groups in total. The van der Waals surface area contributed by atoms with Crippen molar-refractivity contribution >= 4 is 17.3 Å². The molecule has 164 valence electrons. The third-order valence-corrected chi connectivity index (χ3v) is 4.78. The molecule has 3 aromatic heterocycles. The second-order valence-electron chi connectivity index (χ2n) is 6.88. The molecule has 0 saturated heterocycles. The molecule has 2 aromatic carbocycles. The summed E-state index contributed by atoms with van der Waals surface area (Å²) in [5.41, 5.74) is 2.56. The molecule has 5 rings (SSSR count). The summed E-state index contributed by atoms with van der Waals surface area (Å²) in [6.07, 6.45) is 3.11. The van der Waals surface area contributed by atoms with E-state index in [-0.39, 0.29) is 26.6 Å². The fourth-order valence-electron chi connectivity index (χ4n) is 3.34. The van der Waals surface area contributed by atoms with Gasteiger partial charge in [0.25, 0.3) is 0 Å². The summed E-state index contributed by atoms with van der Waals surface area (Å²) in [6.45, 7) is 0. The molecule has 0 radical (unpaired) electrons. The van der Waals surface area contributed by atoms with E-state index in [0.29, 0.717) is 28.7 Å². The van der Waals surface area contributed by atoms with Gasteiger partial charge in [-0.05, 0) is 41.7 Å². The maximum atomic E-state index is 14.4. The van der Waals surface area contributed by atoms with Gasteiger partial charge in [-0.3, -0.25) is 18.7 Å². The first-order valence-electron chi connectivity index (χ1n) is 9.78. The zero-order chi connectivity index (χ0) is 21.9. The Hall–Kier alpha value is -3.70. The van der Waals surface area contributed by atoms with Gasteiger partial charge in [0.2, 0.25) is 0 Å². The van der Waals surface area contributed by atoms with Crippen LogP contribution < -0.4 is 9.88 Å². The van der Waals surface area contributed by atoms with E-state index in [1.807, 2.05) is 53.4 Å². The average Bonchev–Trinajstić information content (AvgIpc) is 3.36. The number of pyridine rings is 2. The Morgan fingerprint density at radius 1 is 0.818 bits per heavy atom. The van der Waals surface area contributed by atoms with Gasteiger partial charge in [-0.15, -0.1) is 12.1 Å². The van der Waals surface area contributed by atoms with Crippen LogP contribution >= 0.6 is 0 Å². The van der Waals surface area contributed by atoms with E-state index in [4.69, 9.17) is 4.98 Å². The number of hydrogen-bond acceptors (Lipinski definition) is 4. The summed E-state index contributed by atoms with van der Waals surface area (Å²) < 4.78 is 27.7. The smallest absolute Gasteiger partial charge is 0.449 e. The van der Waals surface area contributed by atoms with Crippen molar-refractivity contribution in [3.05, 3.63) is 109 Å². The Kier molecular flexibility index (Phi) is 6.70. The monoisotopic (exact) mass is 618 g/mol. The molecule has 0 aliphatic heterocycles. The molecule has 0 unspecified atom stereocenters. The number of anilines is 3. The summed E-state index contributed by atoms with van der Waals surface area (Å²) in [6, 6.07) is 24.9. The van der Waals surface area contributed by atoms with Gasteiger partial charge in [0.05, 0.1) is 5.69 Å². The van der Waals surface area contributed by atoms with Gasteiger partial charge in [0, 0.05) is 17.3 Å². The number of rotatable bonds is 5. The molecule has 0 spiro atoms. The number of benzene rings is 2. The first-order chi connectivity index (χ1) is 15.7. The van der Waals surface area contributed by atoms with Crippen LogP contribution in [0, 0.1) is 17.7 Å². The van der Waals surface area contributed by atoms with Crippen molar-refractivity contribution < 1.29 is 29.8 Å². The van der Waals surface area contributed by atoms with Gasteiger partial charge in [-0.1, -0.05) is 60.6 Å². The molecular formula is C25H15F2N5Pt. The molecule has 0 saturated carbocycles. The summed E-state index contributed by atoms with van der Waals surface area (Å²) >= 11 is 0. The molecule has 5 aromatic rings. The quantitative estimate of drug-likeness (QED) is 0.237. The minimum atomic E-state index is -0.726. The molecule has 33 heavy (non-hydrogen) atoms. The predicted octanol–water partition coefficient (Wildman–Crippen LogP) is 5.71. The first-order valence-corrected chi connectivity index (χ1v) is 9.78. The summed E-state index contributed by atoms with van der Waals surface area (Å²) in [5, 5.41) is 0. The Balaban J connectivity index is 0.00000259. The minimum Gasteiger partial charge on any atom is -0.449 e. The standard InChI is InChI=1S/C25H15F2N5.Pt/c26-17-12-13-19(20(27)14-17)21-8-4-10-24(30-21)32(18-6-2-1-3-7-18)25-11-5-9-22(31-25)23-15-28-16-29-23;/h1-12,14-16H;/q-2;+2. The normalized spacial score (nSPS) is 10.5. The zero-order valence-electron chi connectivity index (χ0n) is 17.0. The van der Waals surface area contributed by atoms with Crippen molar-refractivity contribution in [2.45, 2.75) is 0 Å². The molecule has 0 amide bonds. The van der Waals surface area contributed by atoms with E-state index in [1.165, 1.54) is 6.33 Å². The topological polar surface area (TPSA) is 56.0 Å². The number of hydrogen-bond donors (Lipinski definition) is 0. The van der Waals surface area contributed by atoms with Gasteiger partial charge in [-0.25, -0.2) is 4.98 Å². The molecule has 8 heteroatoms. The molecule has 0 aliphatic rings. The first kappa shape index (κ1) is 22.5. The summed E-state index contributed by atoms with van der Waals surface area (Å²) in [4.78, 5) is 19.5. The molecule has 3 heterocycles. The van der Waals surface area contributed by atoms with Crippen molar-refractivity contribution in [2.75, 3.05) is 4.90 Å². The molecule has 0 atom stereocenters. The summed E-state index contributed by atoms with van der Waals surface area (Å²) in [5.74, 6) is -0.297. The molecular weight excluding hydrogens is 603 g/mol. The van der Waals surface area contributed by atoms with E-state index in [0.717, 1.165) is 17.8 Å². The fourth-order valence-corrected chi connectivity index (χ4v) is 3.34. The van der Waals surface area contributed by atoms with Crippen LogP contribution in [0.4, 0.5) is 26.1 Å². The number of halogens is 2. The maximum Gasteiger partial charge on any atom is 2.00 e. The number of para-hydroxylation sites is 1. The van der Waals surface area contributed by atoms with Crippen molar-refractivity contribution in [1.82, 2.24) is 19.9 Å². The van der Waals surface area contributed by atoms with Crippen LogP contribution in [-0.2, 0) is 21.1 Å². The van der Waals surface area contributed by atoms with Crippen molar-refractivity contribution in [3.63, 3.8) is 0 Å². The van der Waals surface area contributed by atoms with E-state index in [1.54, 1.807) is 24.4 Å². The van der Waals surface area contributed by atoms with Gasteiger partial charge < -0.3 is 9.97 Å². The average molecular weight is 619 g/mol. The van der Waals surface area contributed by atoms with Gasteiger partial charge in [0.1, 0.15) is 11.6 Å². The van der Waals surface area contributed by atoms with Crippen molar-refractivity contribution in [3.8, 4) is 22.6 Å². The second kappa shape index (κ2) is 9.84. The van der Waals surface area contributed by atoms with Gasteiger partial charge >= 0.3 is 21.1 Å². The van der Waals surface area contributed by atoms with E-state index < -0.39 is 11.6 Å². The molecule has 0 fully saturated rings. The van der Waals surface area contributed by atoms with E-state index >= 15 is 0 Å². The van der Waals surface area contributed by atoms with Crippen LogP contribution in [0.1, 0.15) is 0 Å². The molecule has 0 bridgehead atoms. The number of aromatic nitrogens is 4. The van der Waals surface area contributed by atoms with E-state index in [9.17, 15) is 8.78 Å². The fraction of sp³-hybridized carbons (Fsp3) is 0. The second-order valence-corrected chi connectivity index (χ2v) is 6.88. The van der Waals surface area contributed by atoms with Crippen LogP contribution in [0.3, 0.4) is 0 Å². The summed E-state index contributed by atoms with van der Waals surface area (Å²) in [7, 11) is 0. The third kappa shape index (κ3) is 4.73. The minimum absolute atomic E-state index is 0. The maximum absolute atomic E-state index is 14.4. The number of nitrogens with zero attached hydrogens (tertiary/aromatic N) is 5. The largest absolute Gasteiger partial charge is 2.00 e. The Bertz CT molecular complexity index is 1360. The van der Waals surface area contributed by atoms with Crippen LogP contribution in [0.5, 0.6) is 0 Å². The third-order valence-electron chi connectivity index (χ3n) is 4.78. The van der Waals surface area contributed by atoms with Crippen LogP contribution in [-0.4, -0.2) is 15.0 Å². The molecule has 0 aliphatic carbocycles. The van der Waals surface area contributed by atoms with Crippen LogP contribution in [0.15, 0.2) is 91.4 Å². The predicted molar refractivity (Wildman–Crippen MR) is 117 cm³/mol. The Morgan fingerprint density at radius 2 is 1.52 bits per heavy atom. The number of imidazole rings is 1. The van der Waals surface area contributed by atoms with Crippen LogP contribution in [0.25, 0.3) is 22.6 Å². The van der Waals surface area contributed by atoms with Crippen molar-refractivity contribution in [2.24, 2.45) is 0 Å². The zero-order valence-corrected chi connectivity index (χ0v) is 19.2.